The molecule has 152 valence electrons. The topological polar surface area (TPSA) is 71.2 Å². The van der Waals surface area contributed by atoms with Gasteiger partial charge in [0.2, 0.25) is 0 Å². The predicted molar refractivity (Wildman–Crippen MR) is 119 cm³/mol. The number of pyridine rings is 1. The van der Waals surface area contributed by atoms with Crippen molar-refractivity contribution >= 4 is 22.5 Å². The molecular weight excluding hydrogens is 376 g/mol. The lowest BCUT2D eigenvalue weighted by molar-refractivity contribution is 0.0981. The number of benzene rings is 2. The summed E-state index contributed by atoms with van der Waals surface area (Å²) in [6.45, 7) is 4.27. The lowest BCUT2D eigenvalue weighted by atomic mass is 10.0. The third kappa shape index (κ3) is 3.69. The van der Waals surface area contributed by atoms with E-state index in [1.807, 2.05) is 37.3 Å². The Labute approximate surface area is 175 Å². The van der Waals surface area contributed by atoms with Crippen LogP contribution in [0, 0.1) is 13.8 Å². The number of fused-ring (bicyclic) bond motifs is 1. The summed E-state index contributed by atoms with van der Waals surface area (Å²) in [6.07, 6.45) is 1.57. The van der Waals surface area contributed by atoms with Gasteiger partial charge in [0.1, 0.15) is 5.69 Å². The summed E-state index contributed by atoms with van der Waals surface area (Å²) in [5, 5.41) is 14.4. The van der Waals surface area contributed by atoms with E-state index in [9.17, 15) is 9.90 Å². The smallest absolute Gasteiger partial charge is 0.276 e. The normalized spacial score (nSPS) is 11.1. The Morgan fingerprint density at radius 3 is 2.67 bits per heavy atom. The molecule has 2 heterocycles. The van der Waals surface area contributed by atoms with E-state index in [2.05, 4.69) is 30.2 Å². The molecule has 0 saturated heterocycles. The van der Waals surface area contributed by atoms with Crippen molar-refractivity contribution in [2.45, 2.75) is 20.4 Å². The molecule has 0 aliphatic carbocycles. The molecule has 2 aromatic carbocycles. The van der Waals surface area contributed by atoms with Gasteiger partial charge in [0.15, 0.2) is 0 Å². The Hall–Kier alpha value is -3.51. The maximum Gasteiger partial charge on any atom is 0.276 e. The first-order chi connectivity index (χ1) is 14.5. The molecule has 1 N–H and O–H groups in total. The highest BCUT2D eigenvalue weighted by Crippen LogP contribution is 2.28. The molecule has 0 spiro atoms. The Bertz CT molecular complexity index is 1230. The van der Waals surface area contributed by atoms with Crippen LogP contribution in [0.2, 0.25) is 0 Å². The minimum absolute atomic E-state index is 0.0717. The van der Waals surface area contributed by atoms with Crippen LogP contribution in [0.3, 0.4) is 0 Å². The van der Waals surface area contributed by atoms with Crippen molar-refractivity contribution in [1.29, 1.82) is 0 Å². The first-order valence-electron chi connectivity index (χ1n) is 9.87. The maximum atomic E-state index is 13.0. The number of nitrogens with zero attached hydrogens (tertiary/aromatic N) is 4. The highest BCUT2D eigenvalue weighted by atomic mass is 16.3. The zero-order valence-corrected chi connectivity index (χ0v) is 17.3. The van der Waals surface area contributed by atoms with Crippen LogP contribution < -0.4 is 4.90 Å². The largest absolute Gasteiger partial charge is 0.394 e. The van der Waals surface area contributed by atoms with E-state index in [0.717, 1.165) is 33.4 Å². The average molecular weight is 400 g/mol. The van der Waals surface area contributed by atoms with Crippen molar-refractivity contribution in [2.75, 3.05) is 18.6 Å². The number of amides is 1. The van der Waals surface area contributed by atoms with Crippen molar-refractivity contribution in [1.82, 2.24) is 14.8 Å². The van der Waals surface area contributed by atoms with E-state index in [1.54, 1.807) is 24.2 Å². The second-order valence-corrected chi connectivity index (χ2v) is 7.42. The van der Waals surface area contributed by atoms with Gasteiger partial charge < -0.3 is 10.0 Å². The fourth-order valence-electron chi connectivity index (χ4n) is 3.67. The highest BCUT2D eigenvalue weighted by molar-refractivity contribution is 6.05. The molecule has 0 atom stereocenters. The van der Waals surface area contributed by atoms with Gasteiger partial charge in [-0.25, -0.2) is 4.98 Å². The predicted octanol–water partition coefficient (Wildman–Crippen LogP) is 3.98. The molecule has 0 bridgehead atoms. The molecule has 0 aliphatic rings. The number of carbonyl (C=O) groups excluding carboxylic acids is 1. The van der Waals surface area contributed by atoms with Crippen molar-refractivity contribution < 1.29 is 9.90 Å². The van der Waals surface area contributed by atoms with Gasteiger partial charge in [-0.2, -0.15) is 5.10 Å². The molecule has 4 aromatic rings. The van der Waals surface area contributed by atoms with Gasteiger partial charge in [-0.3, -0.25) is 9.48 Å². The summed E-state index contributed by atoms with van der Waals surface area (Å²) in [6, 6.07) is 18.0. The average Bonchev–Trinajstić information content (AvgIpc) is 3.21. The number of hydrogen-bond acceptors (Lipinski definition) is 4. The first kappa shape index (κ1) is 19.8. The zero-order valence-electron chi connectivity index (χ0n) is 17.3. The van der Waals surface area contributed by atoms with E-state index < -0.39 is 0 Å². The van der Waals surface area contributed by atoms with Gasteiger partial charge in [-0.1, -0.05) is 23.8 Å². The summed E-state index contributed by atoms with van der Waals surface area (Å²) >= 11 is 0. The molecule has 0 unspecified atom stereocenters. The van der Waals surface area contributed by atoms with Crippen LogP contribution >= 0.6 is 0 Å². The Balaban J connectivity index is 1.63. The molecule has 0 saturated carbocycles. The Kier molecular flexibility index (Phi) is 5.33. The lowest BCUT2D eigenvalue weighted by Gasteiger charge is -2.20. The third-order valence-corrected chi connectivity index (χ3v) is 5.25. The molecule has 30 heavy (non-hydrogen) atoms. The van der Waals surface area contributed by atoms with Crippen molar-refractivity contribution in [3.05, 3.63) is 77.6 Å². The quantitative estimate of drug-likeness (QED) is 0.550. The number of carbonyl (C=O) groups is 1. The summed E-state index contributed by atoms with van der Waals surface area (Å²) in [5.41, 5.74) is 6.32. The molecule has 1 amide bonds. The number of hydrogen-bond donors (Lipinski definition) is 1. The number of aryl methyl sites for hydroxylation is 2. The molecule has 0 fully saturated rings. The minimum Gasteiger partial charge on any atom is -0.394 e. The lowest BCUT2D eigenvalue weighted by Crippen LogP contribution is -2.29. The van der Waals surface area contributed by atoms with Crippen LogP contribution in [0.4, 0.5) is 5.69 Å². The van der Waals surface area contributed by atoms with Gasteiger partial charge >= 0.3 is 0 Å². The zero-order chi connectivity index (χ0) is 21.3. The van der Waals surface area contributed by atoms with Crippen molar-refractivity contribution in [2.24, 2.45) is 0 Å². The van der Waals surface area contributed by atoms with Gasteiger partial charge in [-0.05, 0) is 55.8 Å². The van der Waals surface area contributed by atoms with Crippen LogP contribution in [-0.2, 0) is 6.54 Å². The summed E-state index contributed by atoms with van der Waals surface area (Å²) in [7, 11) is 1.75. The molecule has 4 rings (SSSR count). The van der Waals surface area contributed by atoms with Gasteiger partial charge in [-0.15, -0.1) is 0 Å². The molecule has 0 aliphatic heterocycles. The first-order valence-corrected chi connectivity index (χ1v) is 9.87. The van der Waals surface area contributed by atoms with Crippen LogP contribution in [0.15, 0.2) is 60.8 Å². The number of aromatic nitrogens is 3. The monoisotopic (exact) mass is 400 g/mol. The molecule has 2 aromatic heterocycles. The number of aliphatic hydroxyl groups excluding tert-OH is 1. The van der Waals surface area contributed by atoms with E-state index >= 15 is 0 Å². The minimum atomic E-state index is -0.170. The summed E-state index contributed by atoms with van der Waals surface area (Å²) in [4.78, 5) is 19.4. The van der Waals surface area contributed by atoms with E-state index in [4.69, 9.17) is 4.98 Å². The van der Waals surface area contributed by atoms with E-state index in [-0.39, 0.29) is 19.1 Å². The Morgan fingerprint density at radius 1 is 1.07 bits per heavy atom. The highest BCUT2D eigenvalue weighted by Gasteiger charge is 2.19. The van der Waals surface area contributed by atoms with Gasteiger partial charge in [0, 0.05) is 29.9 Å². The van der Waals surface area contributed by atoms with Gasteiger partial charge in [0.25, 0.3) is 5.91 Å². The maximum absolute atomic E-state index is 13.0. The molecule has 6 heteroatoms. The number of rotatable bonds is 5. The second-order valence-electron chi connectivity index (χ2n) is 7.42. The van der Waals surface area contributed by atoms with Crippen LogP contribution in [0.25, 0.3) is 22.2 Å². The van der Waals surface area contributed by atoms with Crippen molar-refractivity contribution in [3.63, 3.8) is 0 Å². The molecular formula is C24H24N4O2. The summed E-state index contributed by atoms with van der Waals surface area (Å²) < 4.78 is 1.52. The molecule has 0 radical (unpaired) electrons. The fraction of sp³-hybridized carbons (Fsp3) is 0.208. The SMILES string of the molecule is Cc1ccc2nc(-c3ccc(N(C)C(=O)c4ccnn4CCO)c(C)c3)ccc2c1. The van der Waals surface area contributed by atoms with Crippen LogP contribution in [0.5, 0.6) is 0 Å². The van der Waals surface area contributed by atoms with Gasteiger partial charge in [0.05, 0.1) is 24.4 Å². The fourth-order valence-corrected chi connectivity index (χ4v) is 3.67. The van der Waals surface area contributed by atoms with E-state index in [1.165, 1.54) is 10.2 Å². The summed E-state index contributed by atoms with van der Waals surface area (Å²) in [5.74, 6) is -0.170. The third-order valence-electron chi connectivity index (χ3n) is 5.25. The van der Waals surface area contributed by atoms with E-state index in [0.29, 0.717) is 5.69 Å². The molecule has 6 nitrogen and oxygen atoms in total. The number of aliphatic hydroxyl groups is 1. The van der Waals surface area contributed by atoms with Crippen LogP contribution in [0.1, 0.15) is 21.6 Å². The van der Waals surface area contributed by atoms with Crippen LogP contribution in [-0.4, -0.2) is 39.4 Å². The number of anilines is 1. The Morgan fingerprint density at radius 2 is 1.90 bits per heavy atom. The standard InChI is InChI=1S/C24H24N4O2/c1-16-4-7-20-18(14-16)5-8-21(26-20)19-6-9-22(17(2)15-19)27(3)24(30)23-10-11-25-28(23)12-13-29/h4-11,14-15,29H,12-13H2,1-3H3. The second kappa shape index (κ2) is 8.08. The van der Waals surface area contributed by atoms with Crippen molar-refractivity contribution in [3.8, 4) is 11.3 Å².